The number of fused-ring (bicyclic) bond motifs is 13. The zero-order valence-electron chi connectivity index (χ0n) is 43.0. The van der Waals surface area contributed by atoms with Crippen LogP contribution in [0.4, 0.5) is 0 Å². The van der Waals surface area contributed by atoms with E-state index in [0.717, 1.165) is 0 Å². The second-order valence-electron chi connectivity index (χ2n) is 21.4. The van der Waals surface area contributed by atoms with Gasteiger partial charge in [0.1, 0.15) is 0 Å². The number of para-hydroxylation sites is 4. The largest absolute Gasteiger partial charge is 0.309 e. The van der Waals surface area contributed by atoms with Crippen molar-refractivity contribution in [1.82, 2.24) is 9.13 Å². The second-order valence-corrected chi connectivity index (χ2v) is 22.4. The van der Waals surface area contributed by atoms with Gasteiger partial charge in [0.05, 0.1) is 22.1 Å². The molecule has 2 atom stereocenters. The van der Waals surface area contributed by atoms with Crippen molar-refractivity contribution in [3.63, 3.8) is 0 Å². The lowest BCUT2D eigenvalue weighted by Crippen LogP contribution is -2.22. The van der Waals surface area contributed by atoms with Crippen LogP contribution in [0, 0.1) is 5.92 Å². The molecule has 0 aliphatic heterocycles. The Kier molecular flexibility index (Phi) is 9.74. The van der Waals surface area contributed by atoms with E-state index in [1.165, 1.54) is 152 Å². The molecule has 79 heavy (non-hydrogen) atoms. The fraction of sp³-hybridized carbons (Fsp3) is 0.0263. The van der Waals surface area contributed by atoms with Gasteiger partial charge in [-0.1, -0.05) is 212 Å². The normalized spacial score (nSPS) is 15.2. The van der Waals surface area contributed by atoms with Crippen molar-refractivity contribution >= 4 is 102 Å². The Morgan fingerprint density at radius 1 is 0.329 bits per heavy atom. The van der Waals surface area contributed by atoms with Gasteiger partial charge in [-0.25, -0.2) is 0 Å². The molecule has 3 heterocycles. The number of benzene rings is 12. The lowest BCUT2D eigenvalue weighted by Gasteiger charge is -2.37. The monoisotopic (exact) mass is 1020 g/mol. The molecule has 15 aromatic rings. The minimum absolute atomic E-state index is 0.130. The van der Waals surface area contributed by atoms with Crippen molar-refractivity contribution < 1.29 is 0 Å². The van der Waals surface area contributed by atoms with Gasteiger partial charge in [0.2, 0.25) is 0 Å². The number of allylic oxidation sites excluding steroid dienone is 5. The first kappa shape index (κ1) is 44.3. The van der Waals surface area contributed by atoms with E-state index in [9.17, 15) is 0 Å². The van der Waals surface area contributed by atoms with Crippen molar-refractivity contribution in [3.05, 3.63) is 307 Å². The molecule has 2 aliphatic carbocycles. The molecule has 3 aromatic heterocycles. The van der Waals surface area contributed by atoms with E-state index in [1.807, 2.05) is 11.3 Å². The van der Waals surface area contributed by atoms with Gasteiger partial charge < -0.3 is 9.13 Å². The average Bonchev–Trinajstić information content (AvgIpc) is 4.20. The zero-order chi connectivity index (χ0) is 51.7. The van der Waals surface area contributed by atoms with Gasteiger partial charge in [-0.15, -0.1) is 11.3 Å². The number of thiophene rings is 1. The summed E-state index contributed by atoms with van der Waals surface area (Å²) in [7, 11) is 0. The Hall–Kier alpha value is -9.80. The summed E-state index contributed by atoms with van der Waals surface area (Å²) < 4.78 is 7.48. The molecule has 0 saturated heterocycles. The molecule has 2 unspecified atom stereocenters. The van der Waals surface area contributed by atoms with Crippen LogP contribution in [0.25, 0.3) is 125 Å². The van der Waals surface area contributed by atoms with Gasteiger partial charge in [-0.3, -0.25) is 0 Å². The van der Waals surface area contributed by atoms with Crippen molar-refractivity contribution in [3.8, 4) is 33.6 Å². The van der Waals surface area contributed by atoms with E-state index in [-0.39, 0.29) is 11.8 Å². The minimum Gasteiger partial charge on any atom is -0.309 e. The maximum atomic E-state index is 2.48. The fourth-order valence-electron chi connectivity index (χ4n) is 14.1. The zero-order valence-corrected chi connectivity index (χ0v) is 43.8. The molecule has 0 saturated carbocycles. The van der Waals surface area contributed by atoms with Crippen LogP contribution in [0.3, 0.4) is 0 Å². The van der Waals surface area contributed by atoms with Crippen LogP contribution in [-0.4, -0.2) is 9.13 Å². The molecule has 0 amide bonds. The highest BCUT2D eigenvalue weighted by Crippen LogP contribution is 2.54. The second kappa shape index (κ2) is 17.4. The maximum absolute atomic E-state index is 2.48. The first-order valence-electron chi connectivity index (χ1n) is 27.5. The van der Waals surface area contributed by atoms with Crippen LogP contribution >= 0.6 is 11.3 Å². The average molecular weight is 1020 g/mol. The predicted molar refractivity (Wildman–Crippen MR) is 336 cm³/mol. The van der Waals surface area contributed by atoms with Crippen LogP contribution in [-0.2, 0) is 0 Å². The molecule has 2 nitrogen and oxygen atoms in total. The summed E-state index contributed by atoms with van der Waals surface area (Å²) >= 11 is 1.96. The molecule has 3 heteroatoms. The smallest absolute Gasteiger partial charge is 0.0541 e. The summed E-state index contributed by atoms with van der Waals surface area (Å²) in [6.07, 6.45) is 9.35. The number of aromatic nitrogens is 2. The summed E-state index contributed by atoms with van der Waals surface area (Å²) in [6.45, 7) is 0. The first-order chi connectivity index (χ1) is 39.2. The summed E-state index contributed by atoms with van der Waals surface area (Å²) in [5.74, 6) is 0.285. The number of nitrogens with zero attached hydrogens (tertiary/aromatic N) is 2. The van der Waals surface area contributed by atoms with Gasteiger partial charge >= 0.3 is 0 Å². The van der Waals surface area contributed by atoms with E-state index < -0.39 is 0 Å². The fourth-order valence-corrected chi connectivity index (χ4v) is 15.4. The highest BCUT2D eigenvalue weighted by molar-refractivity contribution is 7.26. The lowest BCUT2D eigenvalue weighted by molar-refractivity contribution is 0.653. The van der Waals surface area contributed by atoms with Crippen LogP contribution < -0.4 is 0 Å². The van der Waals surface area contributed by atoms with Crippen LogP contribution in [0.5, 0.6) is 0 Å². The minimum atomic E-state index is 0.130. The Balaban J connectivity index is 0.808. The van der Waals surface area contributed by atoms with Crippen molar-refractivity contribution in [2.45, 2.75) is 5.92 Å². The van der Waals surface area contributed by atoms with E-state index >= 15 is 0 Å². The predicted octanol–water partition coefficient (Wildman–Crippen LogP) is 20.6. The molecule has 12 aromatic carbocycles. The third-order valence-electron chi connectivity index (χ3n) is 17.3. The summed E-state index contributed by atoms with van der Waals surface area (Å²) in [5, 5.41) is 12.7. The summed E-state index contributed by atoms with van der Waals surface area (Å²) in [5.41, 5.74) is 20.2. The van der Waals surface area contributed by atoms with Crippen molar-refractivity contribution in [2.24, 2.45) is 5.92 Å². The van der Waals surface area contributed by atoms with Gasteiger partial charge in [0.25, 0.3) is 0 Å². The number of hydrogen-bond acceptors (Lipinski definition) is 1. The van der Waals surface area contributed by atoms with E-state index in [4.69, 9.17) is 0 Å². The van der Waals surface area contributed by atoms with E-state index in [2.05, 4.69) is 288 Å². The highest BCUT2D eigenvalue weighted by atomic mass is 32.1. The third kappa shape index (κ3) is 6.58. The van der Waals surface area contributed by atoms with Crippen LogP contribution in [0.15, 0.2) is 285 Å². The Morgan fingerprint density at radius 2 is 0.810 bits per heavy atom. The molecule has 0 spiro atoms. The third-order valence-corrected chi connectivity index (χ3v) is 18.5. The summed E-state index contributed by atoms with van der Waals surface area (Å²) in [4.78, 5) is 0. The Labute approximate surface area is 461 Å². The summed E-state index contributed by atoms with van der Waals surface area (Å²) in [6, 6.07) is 95.1. The lowest BCUT2D eigenvalue weighted by atomic mass is 9.66. The van der Waals surface area contributed by atoms with Crippen molar-refractivity contribution in [1.29, 1.82) is 0 Å². The van der Waals surface area contributed by atoms with Gasteiger partial charge in [-0.2, -0.15) is 0 Å². The number of rotatable bonds is 6. The Morgan fingerprint density at radius 3 is 1.44 bits per heavy atom. The molecule has 0 radical (unpaired) electrons. The quantitative estimate of drug-likeness (QED) is 0.147. The molecule has 17 rings (SSSR count). The Bertz CT molecular complexity index is 5080. The molecule has 0 N–H and O–H groups in total. The van der Waals surface area contributed by atoms with Gasteiger partial charge in [-0.05, 0) is 144 Å². The topological polar surface area (TPSA) is 9.86 Å². The molecular weight excluding hydrogens is 973 g/mol. The van der Waals surface area contributed by atoms with Gasteiger partial charge in [0.15, 0.2) is 0 Å². The molecular formula is C76H48N2S. The molecule has 0 bridgehead atoms. The molecule has 0 fully saturated rings. The maximum Gasteiger partial charge on any atom is 0.0541 e. The van der Waals surface area contributed by atoms with E-state index in [1.54, 1.807) is 0 Å². The highest BCUT2D eigenvalue weighted by Gasteiger charge is 2.37. The number of hydrogen-bond donors (Lipinski definition) is 0. The van der Waals surface area contributed by atoms with Crippen molar-refractivity contribution in [2.75, 3.05) is 0 Å². The van der Waals surface area contributed by atoms with E-state index in [0.29, 0.717) is 0 Å². The standard InChI is InChI=1S/C76H48N2S/c1-3-20-50(21-4-1)77-67-36-17-15-24-52(67)65-44-47(39-42-69(65)77)72-55-26-7-9-28-57(55)74(58-29-10-8-27-56(58)72)49-38-41-54-63-34-19-35-64(76(63)79-71(54)46-49)75-61-32-13-11-30-59(61)73(60-31-12-14-33-62(60)75)48-40-43-70-66(45-48)53-25-16-18-37-68(53)78(70)51-22-5-2-6-23-51/h1-46,61,75H. The first-order valence-corrected chi connectivity index (χ1v) is 28.3. The van der Waals surface area contributed by atoms with Crippen LogP contribution in [0.2, 0.25) is 0 Å². The SMILES string of the molecule is C1=CC2=C(c3ccc4c(c3)c3ccccc3n4-c3ccccc3)c3ccccc3C(c3cccc4c3sc3cc(-c5c6ccccc6c(-c6ccc7c(c6)c6ccccc6n7-c6ccccc6)c6ccccc56)ccc34)C2C=C1. The molecule has 368 valence electrons. The van der Waals surface area contributed by atoms with Gasteiger partial charge in [0, 0.05) is 64.9 Å². The van der Waals surface area contributed by atoms with Crippen LogP contribution in [0.1, 0.15) is 28.2 Å². The molecule has 2 aliphatic rings.